The van der Waals surface area contributed by atoms with Gasteiger partial charge in [-0.15, -0.1) is 0 Å². The van der Waals surface area contributed by atoms with E-state index in [0.29, 0.717) is 24.6 Å². The Bertz CT molecular complexity index is 952. The van der Waals surface area contributed by atoms with E-state index in [2.05, 4.69) is 13.8 Å². The summed E-state index contributed by atoms with van der Waals surface area (Å²) < 4.78 is 34.9. The summed E-state index contributed by atoms with van der Waals surface area (Å²) in [5, 5.41) is 0. The SMILES string of the molecule is COc1ccc(CN(C(=O)COc2ccc(C(C)C)cc2)C2CCS(=O)(=O)C2)cc1. The lowest BCUT2D eigenvalue weighted by Crippen LogP contribution is -2.43. The number of carbonyl (C=O) groups excluding carboxylic acids is 1. The molecule has 0 N–H and O–H groups in total. The van der Waals surface area contributed by atoms with Crippen molar-refractivity contribution in [3.8, 4) is 11.5 Å². The molecule has 1 atom stereocenters. The third-order valence-electron chi connectivity index (χ3n) is 5.39. The number of methoxy groups -OCH3 is 1. The van der Waals surface area contributed by atoms with Crippen LogP contribution in [0.25, 0.3) is 0 Å². The number of carbonyl (C=O) groups is 1. The highest BCUT2D eigenvalue weighted by Crippen LogP contribution is 2.23. The summed E-state index contributed by atoms with van der Waals surface area (Å²) in [6.07, 6.45) is 0.452. The normalized spacial score (nSPS) is 17.7. The first kappa shape index (κ1) is 22.2. The number of rotatable bonds is 8. The molecule has 0 aromatic heterocycles. The van der Waals surface area contributed by atoms with E-state index in [0.717, 1.165) is 11.3 Å². The summed E-state index contributed by atoms with van der Waals surface area (Å²) in [5.41, 5.74) is 2.11. The molecule has 1 heterocycles. The summed E-state index contributed by atoms with van der Waals surface area (Å²) in [7, 11) is -1.52. The molecule has 30 heavy (non-hydrogen) atoms. The molecular weight excluding hydrogens is 402 g/mol. The van der Waals surface area contributed by atoms with Gasteiger partial charge in [0.25, 0.3) is 5.91 Å². The second-order valence-electron chi connectivity index (χ2n) is 7.94. The smallest absolute Gasteiger partial charge is 0.261 e. The molecule has 2 aromatic carbocycles. The lowest BCUT2D eigenvalue weighted by atomic mass is 10.0. The highest BCUT2D eigenvalue weighted by atomic mass is 32.2. The molecule has 1 aliphatic heterocycles. The third-order valence-corrected chi connectivity index (χ3v) is 7.14. The van der Waals surface area contributed by atoms with Gasteiger partial charge in [-0.2, -0.15) is 0 Å². The van der Waals surface area contributed by atoms with Crippen molar-refractivity contribution >= 4 is 15.7 Å². The number of benzene rings is 2. The Balaban J connectivity index is 1.70. The zero-order valence-corrected chi connectivity index (χ0v) is 18.5. The average molecular weight is 432 g/mol. The molecule has 1 aliphatic rings. The van der Waals surface area contributed by atoms with Crippen molar-refractivity contribution in [1.82, 2.24) is 4.90 Å². The lowest BCUT2D eigenvalue weighted by Gasteiger charge is -2.28. The van der Waals surface area contributed by atoms with E-state index in [1.807, 2.05) is 48.5 Å². The fraction of sp³-hybridized carbons (Fsp3) is 0.435. The first-order valence-electron chi connectivity index (χ1n) is 10.1. The number of hydrogen-bond acceptors (Lipinski definition) is 5. The minimum Gasteiger partial charge on any atom is -0.497 e. The Morgan fingerprint density at radius 2 is 1.70 bits per heavy atom. The fourth-order valence-electron chi connectivity index (χ4n) is 3.55. The van der Waals surface area contributed by atoms with Crippen LogP contribution in [0.1, 0.15) is 37.3 Å². The number of nitrogens with zero attached hydrogens (tertiary/aromatic N) is 1. The fourth-order valence-corrected chi connectivity index (χ4v) is 5.28. The van der Waals surface area contributed by atoms with Gasteiger partial charge in [-0.05, 0) is 47.7 Å². The van der Waals surface area contributed by atoms with Crippen molar-refractivity contribution in [2.24, 2.45) is 0 Å². The van der Waals surface area contributed by atoms with E-state index >= 15 is 0 Å². The molecular formula is C23H29NO5S. The minimum absolute atomic E-state index is 0.00200. The van der Waals surface area contributed by atoms with Crippen molar-refractivity contribution < 1.29 is 22.7 Å². The summed E-state index contributed by atoms with van der Waals surface area (Å²) in [6, 6.07) is 14.8. The van der Waals surface area contributed by atoms with Gasteiger partial charge < -0.3 is 14.4 Å². The van der Waals surface area contributed by atoms with Crippen molar-refractivity contribution in [2.75, 3.05) is 25.2 Å². The zero-order valence-electron chi connectivity index (χ0n) is 17.7. The molecule has 162 valence electrons. The van der Waals surface area contributed by atoms with Crippen LogP contribution >= 0.6 is 0 Å². The predicted molar refractivity (Wildman–Crippen MR) is 117 cm³/mol. The van der Waals surface area contributed by atoms with Crippen LogP contribution in [-0.4, -0.2) is 50.5 Å². The molecule has 0 saturated carbocycles. The topological polar surface area (TPSA) is 72.9 Å². The maximum absolute atomic E-state index is 13.0. The van der Waals surface area contributed by atoms with Crippen LogP contribution in [0.15, 0.2) is 48.5 Å². The standard InChI is InChI=1S/C23H29NO5S/c1-17(2)19-6-10-22(11-7-19)29-15-23(25)24(20-12-13-30(26,27)16-20)14-18-4-8-21(28-3)9-5-18/h4-11,17,20H,12-16H2,1-3H3. The molecule has 1 unspecified atom stereocenters. The van der Waals surface area contributed by atoms with Crippen LogP contribution in [-0.2, 0) is 21.2 Å². The summed E-state index contributed by atoms with van der Waals surface area (Å²) in [6.45, 7) is 4.44. The van der Waals surface area contributed by atoms with E-state index in [4.69, 9.17) is 9.47 Å². The van der Waals surface area contributed by atoms with Gasteiger partial charge >= 0.3 is 0 Å². The van der Waals surface area contributed by atoms with Crippen LogP contribution in [0.3, 0.4) is 0 Å². The van der Waals surface area contributed by atoms with E-state index < -0.39 is 9.84 Å². The molecule has 7 heteroatoms. The Morgan fingerprint density at radius 3 is 2.23 bits per heavy atom. The van der Waals surface area contributed by atoms with Crippen LogP contribution < -0.4 is 9.47 Å². The van der Waals surface area contributed by atoms with Crippen molar-refractivity contribution in [3.63, 3.8) is 0 Å². The minimum atomic E-state index is -3.11. The molecule has 0 bridgehead atoms. The van der Waals surface area contributed by atoms with Gasteiger partial charge in [0.05, 0.1) is 18.6 Å². The average Bonchev–Trinajstić information content (AvgIpc) is 3.10. The second kappa shape index (κ2) is 9.51. The molecule has 0 aliphatic carbocycles. The Labute approximate surface area is 178 Å². The van der Waals surface area contributed by atoms with Gasteiger partial charge in [0.1, 0.15) is 11.5 Å². The van der Waals surface area contributed by atoms with Crippen molar-refractivity contribution in [3.05, 3.63) is 59.7 Å². The third kappa shape index (κ3) is 5.75. The molecule has 6 nitrogen and oxygen atoms in total. The van der Waals surface area contributed by atoms with E-state index in [1.165, 1.54) is 5.56 Å². The Hall–Kier alpha value is -2.54. The van der Waals surface area contributed by atoms with Gasteiger partial charge in [0, 0.05) is 12.6 Å². The van der Waals surface area contributed by atoms with Gasteiger partial charge in [-0.25, -0.2) is 8.42 Å². The summed E-state index contributed by atoms with van der Waals surface area (Å²) in [4.78, 5) is 14.6. The Kier molecular flexibility index (Phi) is 7.02. The first-order chi connectivity index (χ1) is 14.3. The molecule has 0 radical (unpaired) electrons. The quantitative estimate of drug-likeness (QED) is 0.640. The van der Waals surface area contributed by atoms with Gasteiger partial charge in [-0.1, -0.05) is 38.1 Å². The van der Waals surface area contributed by atoms with Gasteiger partial charge in [0.2, 0.25) is 0 Å². The zero-order chi connectivity index (χ0) is 21.7. The molecule has 3 rings (SSSR count). The second-order valence-corrected chi connectivity index (χ2v) is 10.2. The predicted octanol–water partition coefficient (Wildman–Crippen LogP) is 3.41. The van der Waals surface area contributed by atoms with Crippen molar-refractivity contribution in [1.29, 1.82) is 0 Å². The van der Waals surface area contributed by atoms with Crippen LogP contribution in [0.2, 0.25) is 0 Å². The molecule has 2 aromatic rings. The van der Waals surface area contributed by atoms with Gasteiger partial charge in [0.15, 0.2) is 16.4 Å². The maximum atomic E-state index is 13.0. The van der Waals surface area contributed by atoms with Crippen LogP contribution in [0, 0.1) is 0 Å². The lowest BCUT2D eigenvalue weighted by molar-refractivity contribution is -0.136. The maximum Gasteiger partial charge on any atom is 0.261 e. The Morgan fingerprint density at radius 1 is 1.07 bits per heavy atom. The number of hydrogen-bond donors (Lipinski definition) is 0. The van der Waals surface area contributed by atoms with E-state index in [1.54, 1.807) is 12.0 Å². The summed E-state index contributed by atoms with van der Waals surface area (Å²) >= 11 is 0. The monoisotopic (exact) mass is 431 g/mol. The molecule has 1 amide bonds. The molecule has 1 saturated heterocycles. The van der Waals surface area contributed by atoms with E-state index in [9.17, 15) is 13.2 Å². The number of amides is 1. The summed E-state index contributed by atoms with van der Waals surface area (Å²) in [5.74, 6) is 1.66. The van der Waals surface area contributed by atoms with E-state index in [-0.39, 0.29) is 30.1 Å². The molecule has 1 fully saturated rings. The van der Waals surface area contributed by atoms with Crippen LogP contribution in [0.4, 0.5) is 0 Å². The highest BCUT2D eigenvalue weighted by Gasteiger charge is 2.34. The highest BCUT2D eigenvalue weighted by molar-refractivity contribution is 7.91. The van der Waals surface area contributed by atoms with Crippen molar-refractivity contribution in [2.45, 2.75) is 38.8 Å². The van der Waals surface area contributed by atoms with Gasteiger partial charge in [-0.3, -0.25) is 4.79 Å². The molecule has 0 spiro atoms. The number of sulfone groups is 1. The number of ether oxygens (including phenoxy) is 2. The first-order valence-corrected chi connectivity index (χ1v) is 11.9. The largest absolute Gasteiger partial charge is 0.497 e. The van der Waals surface area contributed by atoms with Crippen LogP contribution in [0.5, 0.6) is 11.5 Å².